The second kappa shape index (κ2) is 3.69. The molecule has 0 unspecified atom stereocenters. The first-order valence-corrected chi connectivity index (χ1v) is 5.47. The number of ether oxygens (including phenoxy) is 1. The van der Waals surface area contributed by atoms with E-state index in [1.807, 2.05) is 19.1 Å². The molecule has 1 saturated carbocycles. The lowest BCUT2D eigenvalue weighted by atomic mass is 10.0. The number of methoxy groups -OCH3 is 1. The Balaban J connectivity index is 2.26. The van der Waals surface area contributed by atoms with Gasteiger partial charge in [0, 0.05) is 6.42 Å². The minimum atomic E-state index is -0.468. The summed E-state index contributed by atoms with van der Waals surface area (Å²) in [7, 11) is 1.61. The average Bonchev–Trinajstić information content (AvgIpc) is 2.82. The van der Waals surface area contributed by atoms with Gasteiger partial charge in [-0.3, -0.25) is 0 Å². The molecule has 3 heteroatoms. The Morgan fingerprint density at radius 2 is 2.13 bits per heavy atom. The predicted octanol–water partition coefficient (Wildman–Crippen LogP) is 2.72. The molecule has 1 aliphatic carbocycles. The van der Waals surface area contributed by atoms with Crippen molar-refractivity contribution in [1.82, 2.24) is 0 Å². The molecule has 82 valence electrons. The van der Waals surface area contributed by atoms with Gasteiger partial charge in [-0.1, -0.05) is 17.7 Å². The summed E-state index contributed by atoms with van der Waals surface area (Å²) in [4.78, 5) is 0. The molecule has 2 nitrogen and oxygen atoms in total. The molecule has 0 amide bonds. The van der Waals surface area contributed by atoms with E-state index in [1.165, 1.54) is 0 Å². The van der Waals surface area contributed by atoms with E-state index in [4.69, 9.17) is 16.3 Å². The number of halogens is 1. The van der Waals surface area contributed by atoms with Gasteiger partial charge in [-0.15, -0.1) is 0 Å². The summed E-state index contributed by atoms with van der Waals surface area (Å²) in [6, 6.07) is 3.91. The number of hydrogen-bond donors (Lipinski definition) is 1. The third kappa shape index (κ3) is 2.27. The highest BCUT2D eigenvalue weighted by molar-refractivity contribution is 6.32. The van der Waals surface area contributed by atoms with E-state index < -0.39 is 5.60 Å². The van der Waals surface area contributed by atoms with Crippen LogP contribution in [0.2, 0.25) is 5.02 Å². The monoisotopic (exact) mass is 226 g/mol. The number of hydrogen-bond acceptors (Lipinski definition) is 2. The third-order valence-electron chi connectivity index (χ3n) is 2.85. The quantitative estimate of drug-likeness (QED) is 0.859. The van der Waals surface area contributed by atoms with Gasteiger partial charge in [-0.25, -0.2) is 0 Å². The molecule has 0 saturated heterocycles. The molecule has 0 aromatic heterocycles. The van der Waals surface area contributed by atoms with Gasteiger partial charge >= 0.3 is 0 Å². The smallest absolute Gasteiger partial charge is 0.140 e. The second-order valence-corrected chi connectivity index (χ2v) is 4.74. The van der Waals surface area contributed by atoms with Crippen molar-refractivity contribution in [2.45, 2.75) is 31.8 Å². The standard InChI is InChI=1S/C12H15ClO2/c1-8-5-9(7-12(14)3-4-12)6-10(13)11(8)15-2/h5-6,14H,3-4,7H2,1-2H3. The van der Waals surface area contributed by atoms with Crippen LogP contribution in [0, 0.1) is 6.92 Å². The average molecular weight is 227 g/mol. The van der Waals surface area contributed by atoms with Crippen molar-refractivity contribution in [2.24, 2.45) is 0 Å². The zero-order valence-electron chi connectivity index (χ0n) is 9.01. The van der Waals surface area contributed by atoms with E-state index in [0.717, 1.165) is 29.7 Å². The molecule has 0 atom stereocenters. The third-order valence-corrected chi connectivity index (χ3v) is 3.13. The zero-order valence-corrected chi connectivity index (χ0v) is 9.77. The Morgan fingerprint density at radius 1 is 1.47 bits per heavy atom. The van der Waals surface area contributed by atoms with Crippen molar-refractivity contribution in [2.75, 3.05) is 7.11 Å². The van der Waals surface area contributed by atoms with Gasteiger partial charge in [0.05, 0.1) is 17.7 Å². The molecule has 0 bridgehead atoms. The zero-order chi connectivity index (χ0) is 11.1. The molecule has 2 rings (SSSR count). The molecular formula is C12H15ClO2. The maximum Gasteiger partial charge on any atom is 0.140 e. The van der Waals surface area contributed by atoms with Crippen molar-refractivity contribution >= 4 is 11.6 Å². The summed E-state index contributed by atoms with van der Waals surface area (Å²) >= 11 is 6.08. The highest BCUT2D eigenvalue weighted by atomic mass is 35.5. The number of benzene rings is 1. The molecule has 1 aromatic rings. The van der Waals surface area contributed by atoms with E-state index in [2.05, 4.69) is 0 Å². The van der Waals surface area contributed by atoms with E-state index >= 15 is 0 Å². The number of aryl methyl sites for hydroxylation is 1. The summed E-state index contributed by atoms with van der Waals surface area (Å²) in [5.74, 6) is 0.725. The van der Waals surface area contributed by atoms with Crippen LogP contribution in [-0.2, 0) is 6.42 Å². The lowest BCUT2D eigenvalue weighted by molar-refractivity contribution is 0.151. The van der Waals surface area contributed by atoms with Crippen LogP contribution in [-0.4, -0.2) is 17.8 Å². The van der Waals surface area contributed by atoms with Gasteiger partial charge in [0.1, 0.15) is 5.75 Å². The molecule has 0 radical (unpaired) electrons. The van der Waals surface area contributed by atoms with Crippen molar-refractivity contribution < 1.29 is 9.84 Å². The van der Waals surface area contributed by atoms with Crippen LogP contribution in [0.3, 0.4) is 0 Å². The molecule has 1 N–H and O–H groups in total. The SMILES string of the molecule is COc1c(C)cc(CC2(O)CC2)cc1Cl. The molecule has 1 fully saturated rings. The first-order chi connectivity index (χ1) is 7.04. The van der Waals surface area contributed by atoms with Gasteiger partial charge in [0.15, 0.2) is 0 Å². The number of aliphatic hydroxyl groups is 1. The van der Waals surface area contributed by atoms with E-state index in [9.17, 15) is 5.11 Å². The van der Waals surface area contributed by atoms with Crippen LogP contribution in [0.1, 0.15) is 24.0 Å². The first-order valence-electron chi connectivity index (χ1n) is 5.09. The molecule has 1 aromatic carbocycles. The Bertz CT molecular complexity index is 360. The van der Waals surface area contributed by atoms with Gasteiger partial charge in [0.25, 0.3) is 0 Å². The molecular weight excluding hydrogens is 212 g/mol. The van der Waals surface area contributed by atoms with Crippen LogP contribution in [0.25, 0.3) is 0 Å². The van der Waals surface area contributed by atoms with Crippen LogP contribution in [0.4, 0.5) is 0 Å². The van der Waals surface area contributed by atoms with Gasteiger partial charge in [-0.05, 0) is 37.0 Å². The molecule has 0 spiro atoms. The summed E-state index contributed by atoms with van der Waals surface area (Å²) < 4.78 is 5.18. The van der Waals surface area contributed by atoms with Gasteiger partial charge < -0.3 is 9.84 Å². The van der Waals surface area contributed by atoms with Crippen molar-refractivity contribution in [3.05, 3.63) is 28.3 Å². The van der Waals surface area contributed by atoms with E-state index in [1.54, 1.807) is 7.11 Å². The fourth-order valence-corrected chi connectivity index (χ4v) is 2.23. The van der Waals surface area contributed by atoms with Gasteiger partial charge in [0.2, 0.25) is 0 Å². The normalized spacial score (nSPS) is 17.6. The first kappa shape index (κ1) is 10.8. The lowest BCUT2D eigenvalue weighted by Gasteiger charge is -2.12. The van der Waals surface area contributed by atoms with Crippen LogP contribution < -0.4 is 4.74 Å². The van der Waals surface area contributed by atoms with Gasteiger partial charge in [-0.2, -0.15) is 0 Å². The van der Waals surface area contributed by atoms with Crippen molar-refractivity contribution in [3.63, 3.8) is 0 Å². The predicted molar refractivity (Wildman–Crippen MR) is 60.6 cm³/mol. The second-order valence-electron chi connectivity index (χ2n) is 4.33. The highest BCUT2D eigenvalue weighted by Crippen LogP contribution is 2.39. The number of rotatable bonds is 3. The topological polar surface area (TPSA) is 29.5 Å². The molecule has 0 aliphatic heterocycles. The Hall–Kier alpha value is -0.730. The summed E-state index contributed by atoms with van der Waals surface area (Å²) in [5.41, 5.74) is 1.63. The van der Waals surface area contributed by atoms with E-state index in [-0.39, 0.29) is 0 Å². The largest absolute Gasteiger partial charge is 0.495 e. The maximum absolute atomic E-state index is 9.82. The minimum absolute atomic E-state index is 0.468. The lowest BCUT2D eigenvalue weighted by Crippen LogP contribution is -2.10. The summed E-state index contributed by atoms with van der Waals surface area (Å²) in [6.07, 6.45) is 2.49. The molecule has 1 aliphatic rings. The molecule has 15 heavy (non-hydrogen) atoms. The van der Waals surface area contributed by atoms with Crippen LogP contribution >= 0.6 is 11.6 Å². The van der Waals surface area contributed by atoms with Crippen molar-refractivity contribution in [1.29, 1.82) is 0 Å². The molecule has 0 heterocycles. The fraction of sp³-hybridized carbons (Fsp3) is 0.500. The summed E-state index contributed by atoms with van der Waals surface area (Å²) in [5, 5.41) is 10.4. The minimum Gasteiger partial charge on any atom is -0.495 e. The highest BCUT2D eigenvalue weighted by Gasteiger charge is 2.40. The Morgan fingerprint density at radius 3 is 2.60 bits per heavy atom. The van der Waals surface area contributed by atoms with E-state index in [0.29, 0.717) is 11.4 Å². The summed E-state index contributed by atoms with van der Waals surface area (Å²) in [6.45, 7) is 1.96. The van der Waals surface area contributed by atoms with Crippen molar-refractivity contribution in [3.8, 4) is 5.75 Å². The van der Waals surface area contributed by atoms with Crippen LogP contribution in [0.15, 0.2) is 12.1 Å². The maximum atomic E-state index is 9.82. The Kier molecular flexibility index (Phi) is 2.65. The Labute approximate surface area is 94.8 Å². The fourth-order valence-electron chi connectivity index (χ4n) is 1.86. The van der Waals surface area contributed by atoms with Crippen LogP contribution in [0.5, 0.6) is 5.75 Å².